The molecule has 0 spiro atoms. The Bertz CT molecular complexity index is 1090. The monoisotopic (exact) mass is 426 g/mol. The molecular weight excluding hydrogens is 396 g/mol. The molecule has 0 aliphatic carbocycles. The van der Waals surface area contributed by atoms with Crippen LogP contribution in [-0.2, 0) is 14.2 Å². The zero-order valence-corrected chi connectivity index (χ0v) is 19.1. The van der Waals surface area contributed by atoms with E-state index in [4.69, 9.17) is 18.9 Å². The highest BCUT2D eigenvalue weighted by Gasteiger charge is 2.46. The van der Waals surface area contributed by atoms with Crippen LogP contribution in [0.1, 0.15) is 90.9 Å². The Labute approximate surface area is 182 Å². The Morgan fingerprint density at radius 2 is 1.42 bits per heavy atom. The van der Waals surface area contributed by atoms with Gasteiger partial charge in [-0.25, -0.2) is 0 Å². The Hall–Kier alpha value is -2.28. The number of hydrogen-bond donors (Lipinski definition) is 2. The van der Waals surface area contributed by atoms with Gasteiger partial charge in [0.05, 0.1) is 23.3 Å². The number of aromatic hydroxyl groups is 2. The summed E-state index contributed by atoms with van der Waals surface area (Å²) in [6.45, 7) is 12.1. The number of rotatable bonds is 1. The quantitative estimate of drug-likeness (QED) is 0.618. The minimum absolute atomic E-state index is 0.0517. The molecule has 0 saturated heterocycles. The lowest BCUT2D eigenvalue weighted by Gasteiger charge is -2.43. The first-order chi connectivity index (χ1) is 14.7. The number of phenols is 2. The van der Waals surface area contributed by atoms with E-state index in [1.807, 2.05) is 27.7 Å². The summed E-state index contributed by atoms with van der Waals surface area (Å²) in [6.07, 6.45) is -1.28. The molecule has 5 rings (SSSR count). The minimum atomic E-state index is -0.616. The van der Waals surface area contributed by atoms with E-state index in [9.17, 15) is 10.2 Å². The lowest BCUT2D eigenvalue weighted by Crippen LogP contribution is -2.33. The highest BCUT2D eigenvalue weighted by atomic mass is 16.7. The second-order valence-corrected chi connectivity index (χ2v) is 9.20. The molecule has 3 heterocycles. The molecule has 0 saturated carbocycles. The maximum atomic E-state index is 11.4. The second kappa shape index (κ2) is 6.86. The van der Waals surface area contributed by atoms with Crippen molar-refractivity contribution in [3.63, 3.8) is 0 Å². The number of ether oxygens (including phenoxy) is 4. The van der Waals surface area contributed by atoms with Crippen LogP contribution in [0.4, 0.5) is 0 Å². The summed E-state index contributed by atoms with van der Waals surface area (Å²) in [5.74, 6) is 1.59. The van der Waals surface area contributed by atoms with Crippen molar-refractivity contribution in [2.24, 2.45) is 0 Å². The third kappa shape index (κ3) is 2.62. The van der Waals surface area contributed by atoms with E-state index in [1.165, 1.54) is 0 Å². The van der Waals surface area contributed by atoms with E-state index in [2.05, 4.69) is 13.8 Å². The lowest BCUT2D eigenvalue weighted by atomic mass is 9.77. The number of fused-ring (bicyclic) bond motifs is 4. The first-order valence-electron chi connectivity index (χ1n) is 10.9. The predicted octanol–water partition coefficient (Wildman–Crippen LogP) is 5.60. The van der Waals surface area contributed by atoms with Crippen LogP contribution in [0, 0.1) is 13.8 Å². The third-order valence-electron chi connectivity index (χ3n) is 7.60. The van der Waals surface area contributed by atoms with Crippen molar-refractivity contribution in [2.75, 3.05) is 7.11 Å². The van der Waals surface area contributed by atoms with Gasteiger partial charge in [0.25, 0.3) is 0 Å². The highest BCUT2D eigenvalue weighted by molar-refractivity contribution is 5.69. The molecule has 3 aliphatic rings. The van der Waals surface area contributed by atoms with Gasteiger partial charge in [0.1, 0.15) is 29.1 Å². The van der Waals surface area contributed by atoms with Crippen molar-refractivity contribution < 1.29 is 29.2 Å². The van der Waals surface area contributed by atoms with E-state index in [0.717, 1.165) is 33.4 Å². The summed E-state index contributed by atoms with van der Waals surface area (Å²) >= 11 is 0. The molecule has 0 bridgehead atoms. The van der Waals surface area contributed by atoms with Crippen LogP contribution >= 0.6 is 0 Å². The molecule has 0 aromatic heterocycles. The van der Waals surface area contributed by atoms with Gasteiger partial charge < -0.3 is 29.2 Å². The smallest absolute Gasteiger partial charge is 0.187 e. The van der Waals surface area contributed by atoms with Crippen LogP contribution in [0.25, 0.3) is 0 Å². The zero-order chi connectivity index (χ0) is 22.4. The highest BCUT2D eigenvalue weighted by Crippen LogP contribution is 2.60. The molecule has 6 nitrogen and oxygen atoms in total. The molecule has 6 heteroatoms. The van der Waals surface area contributed by atoms with Gasteiger partial charge >= 0.3 is 0 Å². The molecule has 3 aliphatic heterocycles. The molecule has 0 amide bonds. The number of benzene rings is 2. The molecule has 2 N–H and O–H groups in total. The maximum Gasteiger partial charge on any atom is 0.187 e. The van der Waals surface area contributed by atoms with E-state index < -0.39 is 12.4 Å². The van der Waals surface area contributed by atoms with Crippen LogP contribution in [0.15, 0.2) is 6.07 Å². The normalized spacial score (nSPS) is 30.8. The molecule has 0 radical (unpaired) electrons. The molecule has 2 aromatic carbocycles. The number of phenolic OH excluding ortho intramolecular Hbond substituents is 2. The van der Waals surface area contributed by atoms with Gasteiger partial charge in [-0.1, -0.05) is 13.8 Å². The largest absolute Gasteiger partial charge is 0.508 e. The summed E-state index contributed by atoms with van der Waals surface area (Å²) in [4.78, 5) is 0. The fourth-order valence-electron chi connectivity index (χ4n) is 5.55. The van der Waals surface area contributed by atoms with E-state index in [0.29, 0.717) is 17.1 Å². The van der Waals surface area contributed by atoms with Crippen LogP contribution < -0.4 is 4.74 Å². The van der Waals surface area contributed by atoms with Crippen molar-refractivity contribution in [1.29, 1.82) is 0 Å². The van der Waals surface area contributed by atoms with E-state index in [-0.39, 0.29) is 35.5 Å². The molecular formula is C25H30O6. The van der Waals surface area contributed by atoms with Gasteiger partial charge in [-0.05, 0) is 49.9 Å². The Kier molecular flexibility index (Phi) is 4.56. The van der Waals surface area contributed by atoms with E-state index in [1.54, 1.807) is 13.2 Å². The van der Waals surface area contributed by atoms with E-state index >= 15 is 0 Å². The van der Waals surface area contributed by atoms with Crippen molar-refractivity contribution in [1.82, 2.24) is 0 Å². The summed E-state index contributed by atoms with van der Waals surface area (Å²) in [6, 6.07) is 1.65. The second-order valence-electron chi connectivity index (χ2n) is 9.20. The molecule has 166 valence electrons. The van der Waals surface area contributed by atoms with Crippen LogP contribution in [0.2, 0.25) is 0 Å². The van der Waals surface area contributed by atoms with Crippen molar-refractivity contribution in [3.8, 4) is 23.0 Å². The van der Waals surface area contributed by atoms with Gasteiger partial charge in [-0.15, -0.1) is 0 Å². The van der Waals surface area contributed by atoms with Gasteiger partial charge in [-0.2, -0.15) is 0 Å². The van der Waals surface area contributed by atoms with Gasteiger partial charge in [0, 0.05) is 30.6 Å². The number of hydrogen-bond acceptors (Lipinski definition) is 6. The molecule has 2 aromatic rings. The topological polar surface area (TPSA) is 77.4 Å². The minimum Gasteiger partial charge on any atom is -0.508 e. The summed E-state index contributed by atoms with van der Waals surface area (Å²) in [5, 5.41) is 22.0. The zero-order valence-electron chi connectivity index (χ0n) is 19.1. The van der Waals surface area contributed by atoms with Crippen molar-refractivity contribution in [3.05, 3.63) is 45.0 Å². The Balaban J connectivity index is 1.85. The maximum absolute atomic E-state index is 11.4. The standard InChI is InChI=1S/C25H30O6/c1-9-13(5)29-23-19-16(8-15(26)11(3)17(9)19)31-24-20-18(12(4)22(27)21(23)24)10(2)14(6)30-25(20)28-7/h8-10,13-14,23,25-27H,1-7H3/t9-,10-,13-,14-,23-,25?/m1/s1. The third-order valence-corrected chi connectivity index (χ3v) is 7.60. The lowest BCUT2D eigenvalue weighted by molar-refractivity contribution is -0.170. The van der Waals surface area contributed by atoms with Crippen LogP contribution in [-0.4, -0.2) is 29.5 Å². The summed E-state index contributed by atoms with van der Waals surface area (Å²) in [7, 11) is 1.61. The van der Waals surface area contributed by atoms with Crippen molar-refractivity contribution >= 4 is 0 Å². The first-order valence-corrected chi connectivity index (χ1v) is 10.9. The average molecular weight is 427 g/mol. The van der Waals surface area contributed by atoms with Gasteiger partial charge in [0.15, 0.2) is 6.29 Å². The van der Waals surface area contributed by atoms with Crippen LogP contribution in [0.3, 0.4) is 0 Å². The summed E-state index contributed by atoms with van der Waals surface area (Å²) < 4.78 is 24.7. The first kappa shape index (κ1) is 20.6. The molecule has 0 fully saturated rings. The SMILES string of the molecule is COC1O[C@H](C)[C@@H](C)c2c(C)c(O)c3c(c21)Oc1cc(O)c(C)c2c1[C@H]3O[C@H](C)[C@H]2C. The Morgan fingerprint density at radius 1 is 0.806 bits per heavy atom. The predicted molar refractivity (Wildman–Crippen MR) is 115 cm³/mol. The number of methoxy groups -OCH3 is 1. The van der Waals surface area contributed by atoms with Gasteiger partial charge in [-0.3, -0.25) is 0 Å². The fraction of sp³-hybridized carbons (Fsp3) is 0.520. The Morgan fingerprint density at radius 3 is 2.06 bits per heavy atom. The summed E-state index contributed by atoms with van der Waals surface area (Å²) in [5.41, 5.74) is 5.93. The van der Waals surface area contributed by atoms with Gasteiger partial charge in [0.2, 0.25) is 0 Å². The molecule has 1 unspecified atom stereocenters. The van der Waals surface area contributed by atoms with Crippen LogP contribution in [0.5, 0.6) is 23.0 Å². The fourth-order valence-corrected chi connectivity index (χ4v) is 5.55. The van der Waals surface area contributed by atoms with Crippen molar-refractivity contribution in [2.45, 2.75) is 78.0 Å². The molecule has 6 atom stereocenters. The molecule has 31 heavy (non-hydrogen) atoms. The average Bonchev–Trinajstić information content (AvgIpc) is 2.73.